The van der Waals surface area contributed by atoms with E-state index >= 15 is 0 Å². The van der Waals surface area contributed by atoms with Gasteiger partial charge in [-0.3, -0.25) is 0 Å². The van der Waals surface area contributed by atoms with Gasteiger partial charge in [0.05, 0.1) is 6.61 Å². The van der Waals surface area contributed by atoms with Gasteiger partial charge in [0.1, 0.15) is 0 Å². The molecule has 0 saturated carbocycles. The van der Waals surface area contributed by atoms with Crippen LogP contribution in [0.1, 0.15) is 12.5 Å². The highest BCUT2D eigenvalue weighted by atomic mass is 127. The van der Waals surface area contributed by atoms with Crippen LogP contribution in [0.25, 0.3) is 0 Å². The van der Waals surface area contributed by atoms with Gasteiger partial charge in [0.15, 0.2) is 0 Å². The van der Waals surface area contributed by atoms with Crippen LogP contribution in [0.5, 0.6) is 0 Å². The van der Waals surface area contributed by atoms with Gasteiger partial charge in [-0.15, -0.1) is 0 Å². The maximum Gasteiger partial charge on any atom is 0.0564 e. The molecule has 2 atom stereocenters. The fourth-order valence-electron chi connectivity index (χ4n) is 1.45. The molecule has 90 valence electrons. The molecule has 2 unspecified atom stereocenters. The zero-order valence-corrected chi connectivity index (χ0v) is 12.6. The monoisotopic (exact) mass is 351 g/mol. The first-order chi connectivity index (χ1) is 7.67. The molecule has 0 saturated heterocycles. The second-order valence-electron chi connectivity index (χ2n) is 3.75. The maximum atomic E-state index is 9.17. The first kappa shape index (κ1) is 14.3. The van der Waals surface area contributed by atoms with E-state index < -0.39 is 0 Å². The van der Waals surface area contributed by atoms with Gasteiger partial charge in [0.2, 0.25) is 0 Å². The molecule has 0 aliphatic heterocycles. The van der Waals surface area contributed by atoms with Crippen LogP contribution in [0.15, 0.2) is 24.3 Å². The SMILES string of the molecule is CSC(CO)C(C)NCc1ccc(I)cc1. The summed E-state index contributed by atoms with van der Waals surface area (Å²) >= 11 is 4.01. The van der Waals surface area contributed by atoms with E-state index in [-0.39, 0.29) is 11.9 Å². The first-order valence-corrected chi connectivity index (χ1v) is 7.65. The molecule has 0 spiro atoms. The van der Waals surface area contributed by atoms with Gasteiger partial charge in [-0.2, -0.15) is 11.8 Å². The molecule has 0 bridgehead atoms. The summed E-state index contributed by atoms with van der Waals surface area (Å²) in [6.07, 6.45) is 2.03. The number of aliphatic hydroxyl groups excluding tert-OH is 1. The molecule has 0 fully saturated rings. The van der Waals surface area contributed by atoms with Gasteiger partial charge in [0, 0.05) is 21.4 Å². The van der Waals surface area contributed by atoms with E-state index in [1.165, 1.54) is 9.13 Å². The summed E-state index contributed by atoms with van der Waals surface area (Å²) < 4.78 is 1.26. The third kappa shape index (κ3) is 4.61. The fraction of sp³-hybridized carbons (Fsp3) is 0.500. The molecule has 2 nitrogen and oxygen atoms in total. The summed E-state index contributed by atoms with van der Waals surface area (Å²) in [7, 11) is 0. The van der Waals surface area contributed by atoms with Gasteiger partial charge in [-0.25, -0.2) is 0 Å². The largest absolute Gasteiger partial charge is 0.395 e. The van der Waals surface area contributed by atoms with E-state index in [9.17, 15) is 0 Å². The molecule has 0 aromatic heterocycles. The third-order valence-corrected chi connectivity index (χ3v) is 4.46. The van der Waals surface area contributed by atoms with Crippen molar-refractivity contribution in [1.82, 2.24) is 5.32 Å². The van der Waals surface area contributed by atoms with Gasteiger partial charge >= 0.3 is 0 Å². The van der Waals surface area contributed by atoms with Crippen LogP contribution >= 0.6 is 34.4 Å². The number of rotatable bonds is 6. The lowest BCUT2D eigenvalue weighted by Crippen LogP contribution is -2.37. The number of halogens is 1. The number of hydrogen-bond donors (Lipinski definition) is 2. The second kappa shape index (κ2) is 7.53. The Morgan fingerprint density at radius 3 is 2.50 bits per heavy atom. The van der Waals surface area contributed by atoms with E-state index in [1.54, 1.807) is 11.8 Å². The quantitative estimate of drug-likeness (QED) is 0.773. The lowest BCUT2D eigenvalue weighted by Gasteiger charge is -2.21. The lowest BCUT2D eigenvalue weighted by atomic mass is 10.2. The molecule has 2 N–H and O–H groups in total. The van der Waals surface area contributed by atoms with Crippen molar-refractivity contribution in [2.75, 3.05) is 12.9 Å². The normalized spacial score (nSPS) is 14.8. The third-order valence-electron chi connectivity index (χ3n) is 2.58. The number of nitrogens with one attached hydrogen (secondary N) is 1. The summed E-state index contributed by atoms with van der Waals surface area (Å²) in [5.41, 5.74) is 1.28. The standard InChI is InChI=1S/C12H18INOS/c1-9(12(8-15)16-2)14-7-10-3-5-11(13)6-4-10/h3-6,9,12,14-15H,7-8H2,1-2H3. The summed E-state index contributed by atoms with van der Waals surface area (Å²) in [4.78, 5) is 0. The molecular weight excluding hydrogens is 333 g/mol. The first-order valence-electron chi connectivity index (χ1n) is 5.29. The Labute approximate surface area is 115 Å². The Morgan fingerprint density at radius 1 is 1.38 bits per heavy atom. The molecule has 1 aromatic carbocycles. The van der Waals surface area contributed by atoms with Crippen molar-refractivity contribution in [3.05, 3.63) is 33.4 Å². The topological polar surface area (TPSA) is 32.3 Å². The van der Waals surface area contributed by atoms with E-state index in [0.717, 1.165) is 6.54 Å². The predicted molar refractivity (Wildman–Crippen MR) is 79.8 cm³/mol. The van der Waals surface area contributed by atoms with Crippen molar-refractivity contribution < 1.29 is 5.11 Å². The lowest BCUT2D eigenvalue weighted by molar-refractivity contribution is 0.276. The van der Waals surface area contributed by atoms with Crippen molar-refractivity contribution in [1.29, 1.82) is 0 Å². The van der Waals surface area contributed by atoms with Crippen LogP contribution in [0.3, 0.4) is 0 Å². The van der Waals surface area contributed by atoms with Crippen molar-refractivity contribution in [3.63, 3.8) is 0 Å². The molecule has 1 rings (SSSR count). The summed E-state index contributed by atoms with van der Waals surface area (Å²) in [6, 6.07) is 8.81. The molecule has 1 aromatic rings. The molecule has 0 amide bonds. The fourth-order valence-corrected chi connectivity index (χ4v) is 2.46. The Balaban J connectivity index is 2.42. The van der Waals surface area contributed by atoms with Crippen LogP contribution in [0.2, 0.25) is 0 Å². The second-order valence-corrected chi connectivity index (χ2v) is 6.08. The molecule has 0 heterocycles. The molecule has 0 radical (unpaired) electrons. The Morgan fingerprint density at radius 2 is 2.00 bits per heavy atom. The number of benzene rings is 1. The minimum Gasteiger partial charge on any atom is -0.395 e. The Bertz CT molecular complexity index is 300. The van der Waals surface area contributed by atoms with Crippen molar-refractivity contribution >= 4 is 34.4 Å². The Kier molecular flexibility index (Phi) is 6.72. The molecule has 0 aliphatic rings. The maximum absolute atomic E-state index is 9.17. The van der Waals surface area contributed by atoms with Crippen molar-refractivity contribution in [2.45, 2.75) is 24.8 Å². The van der Waals surface area contributed by atoms with Crippen LogP contribution in [-0.4, -0.2) is 29.3 Å². The van der Waals surface area contributed by atoms with Crippen LogP contribution < -0.4 is 5.32 Å². The molecule has 4 heteroatoms. The molecular formula is C12H18INOS. The van der Waals surface area contributed by atoms with Crippen LogP contribution in [0.4, 0.5) is 0 Å². The summed E-state index contributed by atoms with van der Waals surface area (Å²) in [5, 5.41) is 12.9. The average molecular weight is 351 g/mol. The highest BCUT2D eigenvalue weighted by molar-refractivity contribution is 14.1. The molecule has 16 heavy (non-hydrogen) atoms. The van der Waals surface area contributed by atoms with Gasteiger partial charge < -0.3 is 10.4 Å². The van der Waals surface area contributed by atoms with Crippen LogP contribution in [0, 0.1) is 3.57 Å². The highest BCUT2D eigenvalue weighted by Gasteiger charge is 2.13. The predicted octanol–water partition coefficient (Wildman–Crippen LogP) is 2.49. The smallest absolute Gasteiger partial charge is 0.0564 e. The van der Waals surface area contributed by atoms with E-state index in [0.29, 0.717) is 6.04 Å². The average Bonchev–Trinajstić information content (AvgIpc) is 2.30. The minimum atomic E-state index is 0.224. The molecule has 0 aliphatic carbocycles. The van der Waals surface area contributed by atoms with Gasteiger partial charge in [-0.05, 0) is 53.5 Å². The summed E-state index contributed by atoms with van der Waals surface area (Å²) in [5.74, 6) is 0. The van der Waals surface area contributed by atoms with Gasteiger partial charge in [-0.1, -0.05) is 12.1 Å². The number of thioether (sulfide) groups is 1. The number of hydrogen-bond acceptors (Lipinski definition) is 3. The number of aliphatic hydroxyl groups is 1. The van der Waals surface area contributed by atoms with Gasteiger partial charge in [0.25, 0.3) is 0 Å². The Hall–Kier alpha value is 0.220. The zero-order chi connectivity index (χ0) is 12.0. The van der Waals surface area contributed by atoms with E-state index in [1.807, 2.05) is 6.26 Å². The highest BCUT2D eigenvalue weighted by Crippen LogP contribution is 2.11. The van der Waals surface area contributed by atoms with Crippen molar-refractivity contribution in [3.8, 4) is 0 Å². The minimum absolute atomic E-state index is 0.224. The van der Waals surface area contributed by atoms with E-state index in [2.05, 4.69) is 59.1 Å². The van der Waals surface area contributed by atoms with E-state index in [4.69, 9.17) is 5.11 Å². The summed E-state index contributed by atoms with van der Waals surface area (Å²) in [6.45, 7) is 3.20. The zero-order valence-electron chi connectivity index (χ0n) is 9.61. The van der Waals surface area contributed by atoms with Crippen molar-refractivity contribution in [2.24, 2.45) is 0 Å². The van der Waals surface area contributed by atoms with Crippen LogP contribution in [-0.2, 0) is 6.54 Å².